The van der Waals surface area contributed by atoms with E-state index in [1.807, 2.05) is 19.1 Å². The van der Waals surface area contributed by atoms with Crippen molar-refractivity contribution in [2.75, 3.05) is 20.3 Å². The number of aliphatic hydroxyl groups is 3. The molecule has 6 N–H and O–H groups in total. The Morgan fingerprint density at radius 2 is 1.77 bits per heavy atom. The number of carbonyl (C=O) groups excluding carboxylic acids is 4. The highest BCUT2D eigenvalue weighted by Crippen LogP contribution is 2.49. The lowest BCUT2D eigenvalue weighted by Gasteiger charge is -2.42. The molecule has 8 rings (SSSR count). The van der Waals surface area contributed by atoms with E-state index in [9.17, 15) is 49.5 Å². The molecular formula is C44H42N2O15. The van der Waals surface area contributed by atoms with E-state index in [1.165, 1.54) is 48.9 Å². The molecule has 1 fully saturated rings. The average molecular weight is 839 g/mol. The van der Waals surface area contributed by atoms with Crippen LogP contribution in [-0.4, -0.2) is 104 Å². The van der Waals surface area contributed by atoms with Crippen molar-refractivity contribution in [3.8, 4) is 23.0 Å². The summed E-state index contributed by atoms with van der Waals surface area (Å²) in [6.07, 6.45) is -5.86. The number of ketones is 3. The van der Waals surface area contributed by atoms with Crippen LogP contribution in [0.15, 0.2) is 69.9 Å². The highest BCUT2D eigenvalue weighted by molar-refractivity contribution is 6.30. The van der Waals surface area contributed by atoms with Gasteiger partial charge in [-0.05, 0) is 66.9 Å². The molecule has 1 amide bonds. The first-order valence-electron chi connectivity index (χ1n) is 19.5. The Bertz CT molecular complexity index is 2680. The predicted molar refractivity (Wildman–Crippen MR) is 212 cm³/mol. The van der Waals surface area contributed by atoms with Crippen LogP contribution < -0.4 is 20.5 Å². The van der Waals surface area contributed by atoms with Gasteiger partial charge < -0.3 is 54.2 Å². The normalized spacial score (nSPS) is 23.2. The quantitative estimate of drug-likeness (QED) is 0.110. The number of ether oxygens (including phenoxy) is 4. The van der Waals surface area contributed by atoms with Gasteiger partial charge in [-0.3, -0.25) is 23.7 Å². The summed E-state index contributed by atoms with van der Waals surface area (Å²) in [5, 5.41) is 57.6. The molecule has 4 aromatic carbocycles. The Kier molecular flexibility index (Phi) is 10.8. The van der Waals surface area contributed by atoms with Crippen molar-refractivity contribution >= 4 is 34.4 Å². The van der Waals surface area contributed by atoms with Crippen LogP contribution in [0.5, 0.6) is 23.0 Å². The fourth-order valence-corrected chi connectivity index (χ4v) is 8.46. The van der Waals surface area contributed by atoms with Gasteiger partial charge in [0.2, 0.25) is 5.78 Å². The van der Waals surface area contributed by atoms with Crippen LogP contribution in [0.1, 0.15) is 80.0 Å². The standard InChI is InChI=1S/C44H42N2O15/c1-20-7-9-29-27(11-20)46(43(55)61-29)17-22-8-10-30(28(48)12-22)58-19-34(50)45-26-14-35(59-21(2)39(26)51)60-32-16-44(56,33(49)18-47)15-23-13-25-38(41(53)36(23)32)42(54)37-24(40(25)52)5-4-6-31(37)57-3/h4-13,21,26,32,35,39,47-48,51,53,56H,14-19H2,1-3H3,(H,45,50)/t21-,26-,32-,35-,39+,44-/m1/s1. The van der Waals surface area contributed by atoms with Crippen LogP contribution in [0.3, 0.4) is 0 Å². The number of hydrogen-bond acceptors (Lipinski definition) is 15. The number of amides is 1. The molecule has 3 aliphatic rings. The average Bonchev–Trinajstić information content (AvgIpc) is 3.53. The van der Waals surface area contributed by atoms with Crippen molar-refractivity contribution < 1.29 is 68.1 Å². The van der Waals surface area contributed by atoms with Gasteiger partial charge in [-0.1, -0.05) is 24.3 Å². The molecule has 318 valence electrons. The second kappa shape index (κ2) is 15.9. The first-order chi connectivity index (χ1) is 29.1. The van der Waals surface area contributed by atoms with Gasteiger partial charge in [-0.2, -0.15) is 0 Å². The maximum Gasteiger partial charge on any atom is 0.420 e. The summed E-state index contributed by atoms with van der Waals surface area (Å²) in [6.45, 7) is 1.91. The number of phenolic OH excluding ortho intramolecular Hbond substituents is 2. The van der Waals surface area contributed by atoms with Crippen molar-refractivity contribution in [1.29, 1.82) is 0 Å². The minimum absolute atomic E-state index is 0.0103. The van der Waals surface area contributed by atoms with Gasteiger partial charge in [0.05, 0.1) is 48.5 Å². The summed E-state index contributed by atoms with van der Waals surface area (Å²) in [6, 6.07) is 14.6. The second-order valence-corrected chi connectivity index (χ2v) is 15.6. The number of rotatable bonds is 11. The Morgan fingerprint density at radius 1 is 0.984 bits per heavy atom. The SMILES string of the molecule is COc1cccc2c1C(=O)c1c(cc3c(c1O)[C@H](O[C@@H]1C[C@@H](NC(=O)COc4ccc(Cn5c(=O)oc6ccc(C)cc65)cc4O)[C@@H](O)[C@@H](C)O1)C[C@@](O)(C(=O)CO)C3)C2=O. The number of aromatic nitrogens is 1. The fourth-order valence-electron chi connectivity index (χ4n) is 8.46. The van der Waals surface area contributed by atoms with Gasteiger partial charge in [0.15, 0.2) is 41.5 Å². The van der Waals surface area contributed by atoms with Gasteiger partial charge in [0.1, 0.15) is 29.8 Å². The molecule has 5 aromatic rings. The second-order valence-electron chi connectivity index (χ2n) is 15.6. The molecule has 1 aliphatic heterocycles. The van der Waals surface area contributed by atoms with Crippen LogP contribution >= 0.6 is 0 Å². The zero-order valence-electron chi connectivity index (χ0n) is 33.2. The first kappa shape index (κ1) is 41.4. The smallest absolute Gasteiger partial charge is 0.420 e. The zero-order valence-corrected chi connectivity index (χ0v) is 33.2. The summed E-state index contributed by atoms with van der Waals surface area (Å²) in [4.78, 5) is 66.3. The number of carbonyl (C=O) groups is 4. The number of aromatic hydroxyl groups is 2. The van der Waals surface area contributed by atoms with Crippen LogP contribution in [0.4, 0.5) is 0 Å². The molecule has 0 unspecified atom stereocenters. The van der Waals surface area contributed by atoms with Gasteiger partial charge in [-0.25, -0.2) is 4.79 Å². The maximum atomic E-state index is 13.9. The number of phenols is 2. The van der Waals surface area contributed by atoms with E-state index in [0.29, 0.717) is 16.7 Å². The number of aliphatic hydroxyl groups excluding tert-OH is 2. The maximum absolute atomic E-state index is 13.9. The molecular weight excluding hydrogens is 796 g/mol. The van der Waals surface area contributed by atoms with Crippen LogP contribution in [-0.2, 0) is 32.0 Å². The molecule has 17 heteroatoms. The number of benzene rings is 4. The van der Waals surface area contributed by atoms with Crippen LogP contribution in [0, 0.1) is 6.92 Å². The lowest BCUT2D eigenvalue weighted by Crippen LogP contribution is -2.56. The van der Waals surface area contributed by atoms with Crippen LogP contribution in [0.2, 0.25) is 0 Å². The lowest BCUT2D eigenvalue weighted by molar-refractivity contribution is -0.249. The fraction of sp³-hybridized carbons (Fsp3) is 0.341. The van der Waals surface area contributed by atoms with Gasteiger partial charge >= 0.3 is 5.76 Å². The number of fused-ring (bicyclic) bond motifs is 4. The third kappa shape index (κ3) is 7.44. The highest BCUT2D eigenvalue weighted by atomic mass is 16.7. The number of hydrogen-bond donors (Lipinski definition) is 6. The van der Waals surface area contributed by atoms with E-state index in [-0.39, 0.29) is 63.6 Å². The van der Waals surface area contributed by atoms with E-state index >= 15 is 0 Å². The predicted octanol–water partition coefficient (Wildman–Crippen LogP) is 2.50. The van der Waals surface area contributed by atoms with E-state index in [4.69, 9.17) is 23.4 Å². The number of aryl methyl sites for hydroxylation is 1. The molecule has 61 heavy (non-hydrogen) atoms. The number of nitrogens with zero attached hydrogens (tertiary/aromatic N) is 1. The minimum Gasteiger partial charge on any atom is -0.507 e. The van der Waals surface area contributed by atoms with E-state index in [0.717, 1.165) is 5.56 Å². The number of nitrogens with one attached hydrogen (secondary N) is 1. The third-order valence-corrected chi connectivity index (χ3v) is 11.5. The summed E-state index contributed by atoms with van der Waals surface area (Å²) in [5.41, 5.74) is -0.0409. The summed E-state index contributed by atoms with van der Waals surface area (Å²) < 4.78 is 29.9. The molecule has 2 aliphatic carbocycles. The van der Waals surface area contributed by atoms with Crippen LogP contribution in [0.25, 0.3) is 11.1 Å². The summed E-state index contributed by atoms with van der Waals surface area (Å²) in [5.74, 6) is -4.27. The molecule has 0 spiro atoms. The van der Waals surface area contributed by atoms with Gasteiger partial charge in [0, 0.05) is 36.0 Å². The Balaban J connectivity index is 0.986. The summed E-state index contributed by atoms with van der Waals surface area (Å²) >= 11 is 0. The Hall–Kier alpha value is -6.37. The molecule has 0 radical (unpaired) electrons. The van der Waals surface area contributed by atoms with Gasteiger partial charge in [0.25, 0.3) is 5.91 Å². The van der Waals surface area contributed by atoms with E-state index in [2.05, 4.69) is 5.32 Å². The highest BCUT2D eigenvalue weighted by Gasteiger charge is 2.48. The van der Waals surface area contributed by atoms with Crippen molar-refractivity contribution in [2.24, 2.45) is 0 Å². The number of Topliss-reactive ketones (excluding diaryl/α,β-unsaturated/α-hetero) is 1. The van der Waals surface area contributed by atoms with Crippen molar-refractivity contribution in [3.63, 3.8) is 0 Å². The van der Waals surface area contributed by atoms with E-state index < -0.39 is 97.1 Å². The minimum atomic E-state index is -2.21. The van der Waals surface area contributed by atoms with Gasteiger partial charge in [-0.15, -0.1) is 0 Å². The monoisotopic (exact) mass is 838 g/mol. The first-order valence-corrected chi connectivity index (χ1v) is 19.5. The largest absolute Gasteiger partial charge is 0.507 e. The molecule has 2 heterocycles. The number of oxazole rings is 1. The Labute approximate surface area is 346 Å². The molecule has 0 saturated carbocycles. The molecule has 1 saturated heterocycles. The number of methoxy groups -OCH3 is 1. The lowest BCUT2D eigenvalue weighted by atomic mass is 9.72. The van der Waals surface area contributed by atoms with Crippen molar-refractivity contribution in [1.82, 2.24) is 9.88 Å². The summed E-state index contributed by atoms with van der Waals surface area (Å²) in [7, 11) is 1.34. The molecule has 6 atom stereocenters. The molecule has 0 bridgehead atoms. The van der Waals surface area contributed by atoms with E-state index in [1.54, 1.807) is 18.2 Å². The topological polar surface area (TPSA) is 254 Å². The molecule has 17 nitrogen and oxygen atoms in total. The van der Waals surface area contributed by atoms with Crippen molar-refractivity contribution in [2.45, 2.75) is 75.9 Å². The zero-order chi connectivity index (χ0) is 43.5. The Morgan fingerprint density at radius 3 is 2.51 bits per heavy atom. The van der Waals surface area contributed by atoms with Crippen molar-refractivity contribution in [3.05, 3.63) is 116 Å². The third-order valence-electron chi connectivity index (χ3n) is 11.5. The molecule has 1 aromatic heterocycles.